The summed E-state index contributed by atoms with van der Waals surface area (Å²) < 4.78 is 4.43. The zero-order valence-corrected chi connectivity index (χ0v) is 6.94. The Balaban J connectivity index is 2.29. The van der Waals surface area contributed by atoms with Crippen molar-refractivity contribution >= 4 is 17.7 Å². The molecule has 0 aromatic rings. The highest BCUT2D eigenvalue weighted by atomic mass is 16.5. The second kappa shape index (κ2) is 2.42. The van der Waals surface area contributed by atoms with Crippen molar-refractivity contribution in [2.45, 2.75) is 12.5 Å². The van der Waals surface area contributed by atoms with Gasteiger partial charge < -0.3 is 4.74 Å². The van der Waals surface area contributed by atoms with Crippen molar-refractivity contribution in [1.29, 1.82) is 0 Å². The van der Waals surface area contributed by atoms with Crippen molar-refractivity contribution in [1.82, 2.24) is 4.90 Å². The van der Waals surface area contributed by atoms with E-state index in [1.807, 2.05) is 0 Å². The van der Waals surface area contributed by atoms with Crippen molar-refractivity contribution in [3.63, 3.8) is 0 Å². The molecule has 0 saturated carbocycles. The molecule has 0 aliphatic carbocycles. The summed E-state index contributed by atoms with van der Waals surface area (Å²) in [4.78, 5) is 34.4. The van der Waals surface area contributed by atoms with E-state index in [-0.39, 0.29) is 23.8 Å². The van der Waals surface area contributed by atoms with Gasteiger partial charge >= 0.3 is 5.97 Å². The Labute approximate surface area is 74.0 Å². The second-order valence-electron chi connectivity index (χ2n) is 2.91. The van der Waals surface area contributed by atoms with Gasteiger partial charge in [0.25, 0.3) is 0 Å². The summed E-state index contributed by atoms with van der Waals surface area (Å²) in [5.74, 6) is -1.03. The van der Waals surface area contributed by atoms with Gasteiger partial charge in [-0.15, -0.1) is 0 Å². The van der Waals surface area contributed by atoms with E-state index in [9.17, 15) is 14.4 Å². The quantitative estimate of drug-likeness (QED) is 0.393. The summed E-state index contributed by atoms with van der Waals surface area (Å²) >= 11 is 0. The molecule has 0 bridgehead atoms. The van der Waals surface area contributed by atoms with E-state index in [1.165, 1.54) is 18.1 Å². The van der Waals surface area contributed by atoms with Crippen LogP contribution in [0.2, 0.25) is 0 Å². The maximum atomic E-state index is 11.1. The first-order valence-electron chi connectivity index (χ1n) is 3.81. The second-order valence-corrected chi connectivity index (χ2v) is 2.91. The van der Waals surface area contributed by atoms with Crippen LogP contribution in [0.3, 0.4) is 0 Å². The molecule has 5 heteroatoms. The maximum Gasteiger partial charge on any atom is 0.354 e. The van der Waals surface area contributed by atoms with Crippen LogP contribution in [0.25, 0.3) is 0 Å². The highest BCUT2D eigenvalue weighted by Gasteiger charge is 2.49. The van der Waals surface area contributed by atoms with Crippen molar-refractivity contribution < 1.29 is 19.1 Å². The molecule has 2 heterocycles. The number of ether oxygens (including phenoxy) is 1. The number of hydrogen-bond acceptors (Lipinski definition) is 4. The Kier molecular flexibility index (Phi) is 1.48. The Morgan fingerprint density at radius 2 is 2.31 bits per heavy atom. The molecule has 68 valence electrons. The topological polar surface area (TPSA) is 63.7 Å². The molecule has 1 amide bonds. The van der Waals surface area contributed by atoms with Gasteiger partial charge in [0.2, 0.25) is 5.91 Å². The van der Waals surface area contributed by atoms with Crippen LogP contribution >= 0.6 is 0 Å². The number of carbonyl (C=O) groups excluding carboxylic acids is 3. The molecule has 0 aromatic heterocycles. The highest BCUT2D eigenvalue weighted by Crippen LogP contribution is 2.31. The van der Waals surface area contributed by atoms with Crippen molar-refractivity contribution in [2.24, 2.45) is 0 Å². The number of fused-ring (bicyclic) bond motifs is 1. The number of amides is 1. The van der Waals surface area contributed by atoms with Gasteiger partial charge in [0.1, 0.15) is 11.7 Å². The standard InChI is InChI=1S/C8H7NO4/c1-13-8(12)5-2-6(10)4-3-7(11)9(4)5/h2,4H,3H2,1H3/t4-/m0/s1. The molecule has 13 heavy (non-hydrogen) atoms. The van der Waals surface area contributed by atoms with Gasteiger partial charge in [0.15, 0.2) is 5.78 Å². The van der Waals surface area contributed by atoms with E-state index in [2.05, 4.69) is 4.74 Å². The molecular formula is C8H7NO4. The van der Waals surface area contributed by atoms with Crippen LogP contribution in [0.15, 0.2) is 11.8 Å². The zero-order valence-electron chi connectivity index (χ0n) is 6.94. The molecule has 0 N–H and O–H groups in total. The first-order chi connectivity index (χ1) is 6.15. The summed E-state index contributed by atoms with van der Waals surface area (Å²) in [6, 6.07) is -0.443. The lowest BCUT2D eigenvalue weighted by atomic mass is 10.0. The minimum atomic E-state index is -0.635. The first-order valence-corrected chi connectivity index (χ1v) is 3.81. The molecule has 1 atom stereocenters. The van der Waals surface area contributed by atoms with Gasteiger partial charge in [-0.1, -0.05) is 0 Å². The number of hydrogen-bond donors (Lipinski definition) is 0. The third-order valence-electron chi connectivity index (χ3n) is 2.21. The number of nitrogens with zero attached hydrogens (tertiary/aromatic N) is 1. The predicted molar refractivity (Wildman–Crippen MR) is 40.4 cm³/mol. The molecule has 0 spiro atoms. The van der Waals surface area contributed by atoms with Gasteiger partial charge in [-0.25, -0.2) is 4.79 Å². The SMILES string of the molecule is COC(=O)C1=CC(=O)[C@@H]2CC(=O)N12. The number of ketones is 1. The van der Waals surface area contributed by atoms with Gasteiger partial charge in [0.05, 0.1) is 13.5 Å². The first kappa shape index (κ1) is 7.97. The summed E-state index contributed by atoms with van der Waals surface area (Å²) in [5, 5.41) is 0. The number of methoxy groups -OCH3 is 1. The average molecular weight is 181 g/mol. The van der Waals surface area contributed by atoms with E-state index in [0.29, 0.717) is 0 Å². The van der Waals surface area contributed by atoms with E-state index in [0.717, 1.165) is 0 Å². The number of β-lactam (4-membered cyclic amide) rings is 1. The van der Waals surface area contributed by atoms with E-state index < -0.39 is 12.0 Å². The third kappa shape index (κ3) is 0.898. The molecular weight excluding hydrogens is 174 g/mol. The number of carbonyl (C=O) groups is 3. The largest absolute Gasteiger partial charge is 0.464 e. The molecule has 1 saturated heterocycles. The highest BCUT2D eigenvalue weighted by molar-refractivity contribution is 6.14. The van der Waals surface area contributed by atoms with Crippen molar-refractivity contribution in [2.75, 3.05) is 7.11 Å². The minimum Gasteiger partial charge on any atom is -0.464 e. The van der Waals surface area contributed by atoms with Gasteiger partial charge in [-0.2, -0.15) is 0 Å². The van der Waals surface area contributed by atoms with Crippen LogP contribution in [0.4, 0.5) is 0 Å². The molecule has 1 fully saturated rings. The minimum absolute atomic E-state index is 0.0637. The number of esters is 1. The fourth-order valence-electron chi connectivity index (χ4n) is 1.51. The van der Waals surface area contributed by atoms with E-state index >= 15 is 0 Å². The predicted octanol–water partition coefficient (Wildman–Crippen LogP) is -0.773. The summed E-state index contributed by atoms with van der Waals surface area (Å²) in [6.07, 6.45) is 1.37. The molecule has 0 unspecified atom stereocenters. The van der Waals surface area contributed by atoms with Crippen LogP contribution < -0.4 is 0 Å². The maximum absolute atomic E-state index is 11.1. The summed E-state index contributed by atoms with van der Waals surface area (Å²) in [7, 11) is 1.21. The molecule has 2 rings (SSSR count). The Hall–Kier alpha value is -1.65. The van der Waals surface area contributed by atoms with E-state index in [1.54, 1.807) is 0 Å². The average Bonchev–Trinajstić information content (AvgIpc) is 2.36. The Bertz CT molecular complexity index is 344. The lowest BCUT2D eigenvalue weighted by Gasteiger charge is -2.34. The van der Waals surface area contributed by atoms with Crippen LogP contribution in [0.5, 0.6) is 0 Å². The van der Waals surface area contributed by atoms with Gasteiger partial charge in [-0.3, -0.25) is 14.5 Å². The van der Waals surface area contributed by atoms with Crippen molar-refractivity contribution in [3.8, 4) is 0 Å². The summed E-state index contributed by atoms with van der Waals surface area (Å²) in [5.41, 5.74) is 0.0637. The third-order valence-corrected chi connectivity index (χ3v) is 2.21. The molecule has 0 radical (unpaired) electrons. The number of rotatable bonds is 1. The van der Waals surface area contributed by atoms with Crippen molar-refractivity contribution in [3.05, 3.63) is 11.8 Å². The molecule has 2 aliphatic heterocycles. The molecule has 5 nitrogen and oxygen atoms in total. The van der Waals surface area contributed by atoms with Crippen LogP contribution in [0, 0.1) is 0 Å². The fourth-order valence-corrected chi connectivity index (χ4v) is 1.51. The van der Waals surface area contributed by atoms with Crippen LogP contribution in [-0.2, 0) is 19.1 Å². The molecule has 2 aliphatic rings. The zero-order chi connectivity index (χ0) is 9.59. The molecule has 0 aromatic carbocycles. The van der Waals surface area contributed by atoms with Gasteiger partial charge in [0, 0.05) is 6.08 Å². The lowest BCUT2D eigenvalue weighted by molar-refractivity contribution is -0.151. The monoisotopic (exact) mass is 181 g/mol. The van der Waals surface area contributed by atoms with Crippen LogP contribution in [-0.4, -0.2) is 35.7 Å². The fraction of sp³-hybridized carbons (Fsp3) is 0.375. The normalized spacial score (nSPS) is 25.2. The Morgan fingerprint density at radius 1 is 1.62 bits per heavy atom. The lowest BCUT2D eigenvalue weighted by Crippen LogP contribution is -2.52. The van der Waals surface area contributed by atoms with Gasteiger partial charge in [-0.05, 0) is 0 Å². The smallest absolute Gasteiger partial charge is 0.354 e. The Morgan fingerprint density at radius 3 is 2.85 bits per heavy atom. The van der Waals surface area contributed by atoms with Crippen LogP contribution in [0.1, 0.15) is 6.42 Å². The summed E-state index contributed by atoms with van der Waals surface area (Å²) in [6.45, 7) is 0. The van der Waals surface area contributed by atoms with E-state index in [4.69, 9.17) is 0 Å².